The van der Waals surface area contributed by atoms with Crippen LogP contribution in [0, 0.1) is 0 Å². The number of carbonyl (C=O) groups is 1. The van der Waals surface area contributed by atoms with Crippen LogP contribution in [0.15, 0.2) is 81.2 Å². The maximum absolute atomic E-state index is 13.4. The number of halogens is 1. The van der Waals surface area contributed by atoms with Gasteiger partial charge >= 0.3 is 0 Å². The molecule has 11 heteroatoms. The van der Waals surface area contributed by atoms with Gasteiger partial charge in [0.15, 0.2) is 11.5 Å². The first-order chi connectivity index (χ1) is 16.9. The number of hydrogen-bond acceptors (Lipinski definition) is 7. The van der Waals surface area contributed by atoms with E-state index in [0.29, 0.717) is 39.6 Å². The molecule has 0 saturated carbocycles. The number of benzene rings is 3. The van der Waals surface area contributed by atoms with E-state index in [0.717, 1.165) is 4.31 Å². The number of nitrogens with zero attached hydrogens (tertiary/aromatic N) is 2. The molecule has 0 fully saturated rings. The standard InChI is InChI=1S/C24H22BrN3O6S/c1-2-32-19-8-10-20(11-9-19)35(30,31)28(18-6-4-3-5-7-18)15-24(29)27-26-14-17-12-22-23(13-21(17)25)34-16-33-22/h3-14H,2,15-16H2,1H3,(H,27,29)/b26-14-. The second-order valence-electron chi connectivity index (χ2n) is 7.27. The van der Waals surface area contributed by atoms with Gasteiger partial charge in [0.2, 0.25) is 6.79 Å². The van der Waals surface area contributed by atoms with Gasteiger partial charge in [-0.2, -0.15) is 5.10 Å². The first kappa shape index (κ1) is 24.6. The third-order valence-electron chi connectivity index (χ3n) is 4.94. The van der Waals surface area contributed by atoms with Crippen LogP contribution in [0.1, 0.15) is 12.5 Å². The maximum atomic E-state index is 13.4. The number of para-hydroxylation sites is 1. The van der Waals surface area contributed by atoms with Crippen molar-refractivity contribution in [3.05, 3.63) is 76.8 Å². The lowest BCUT2D eigenvalue weighted by molar-refractivity contribution is -0.119. The highest BCUT2D eigenvalue weighted by Crippen LogP contribution is 2.36. The largest absolute Gasteiger partial charge is 0.494 e. The van der Waals surface area contributed by atoms with Crippen molar-refractivity contribution in [2.45, 2.75) is 11.8 Å². The third-order valence-corrected chi connectivity index (χ3v) is 7.41. The van der Waals surface area contributed by atoms with Crippen molar-refractivity contribution in [2.24, 2.45) is 5.10 Å². The van der Waals surface area contributed by atoms with Crippen LogP contribution in [-0.2, 0) is 14.8 Å². The van der Waals surface area contributed by atoms with Crippen LogP contribution >= 0.6 is 15.9 Å². The number of sulfonamides is 1. The van der Waals surface area contributed by atoms with Gasteiger partial charge in [0, 0.05) is 10.0 Å². The molecular formula is C24H22BrN3O6S. The highest BCUT2D eigenvalue weighted by Gasteiger charge is 2.27. The summed E-state index contributed by atoms with van der Waals surface area (Å²) < 4.78 is 44.6. The van der Waals surface area contributed by atoms with Crippen LogP contribution in [0.5, 0.6) is 17.2 Å². The Balaban J connectivity index is 1.52. The van der Waals surface area contributed by atoms with Gasteiger partial charge < -0.3 is 14.2 Å². The molecule has 0 unspecified atom stereocenters. The molecule has 9 nitrogen and oxygen atoms in total. The zero-order valence-electron chi connectivity index (χ0n) is 18.7. The molecule has 1 N–H and O–H groups in total. The van der Waals surface area contributed by atoms with Crippen LogP contribution in [-0.4, -0.2) is 40.5 Å². The summed E-state index contributed by atoms with van der Waals surface area (Å²) in [6, 6.07) is 17.9. The second-order valence-corrected chi connectivity index (χ2v) is 9.99. The molecule has 1 aliphatic rings. The van der Waals surface area contributed by atoms with E-state index >= 15 is 0 Å². The Labute approximate surface area is 211 Å². The lowest BCUT2D eigenvalue weighted by Gasteiger charge is -2.23. The van der Waals surface area contributed by atoms with E-state index in [1.165, 1.54) is 18.3 Å². The molecule has 0 radical (unpaired) electrons. The van der Waals surface area contributed by atoms with Crippen molar-refractivity contribution in [1.29, 1.82) is 0 Å². The number of carbonyl (C=O) groups excluding carboxylic acids is 1. The first-order valence-electron chi connectivity index (χ1n) is 10.6. The number of hydrazone groups is 1. The fraction of sp³-hybridized carbons (Fsp3) is 0.167. The second kappa shape index (κ2) is 10.8. The molecule has 3 aromatic carbocycles. The molecule has 0 spiro atoms. The van der Waals surface area contributed by atoms with Gasteiger partial charge in [-0.3, -0.25) is 9.10 Å². The van der Waals surface area contributed by atoms with Crippen molar-refractivity contribution in [3.8, 4) is 17.2 Å². The summed E-state index contributed by atoms with van der Waals surface area (Å²) in [5, 5.41) is 3.97. The number of ether oxygens (including phenoxy) is 3. The highest BCUT2D eigenvalue weighted by molar-refractivity contribution is 9.10. The van der Waals surface area contributed by atoms with Gasteiger partial charge in [-0.15, -0.1) is 0 Å². The van der Waals surface area contributed by atoms with E-state index in [2.05, 4.69) is 26.5 Å². The SMILES string of the molecule is CCOc1ccc(S(=O)(=O)N(CC(=O)N/N=C\c2cc3c(cc2Br)OCO3)c2ccccc2)cc1. The predicted molar refractivity (Wildman–Crippen MR) is 135 cm³/mol. The number of fused-ring (bicyclic) bond motifs is 1. The molecule has 4 rings (SSSR count). The average Bonchev–Trinajstić information content (AvgIpc) is 3.31. The zero-order valence-corrected chi connectivity index (χ0v) is 21.1. The molecule has 1 aliphatic heterocycles. The number of anilines is 1. The fourth-order valence-electron chi connectivity index (χ4n) is 3.28. The van der Waals surface area contributed by atoms with Gasteiger partial charge in [-0.1, -0.05) is 18.2 Å². The normalized spacial score (nSPS) is 12.5. The molecule has 1 amide bonds. The van der Waals surface area contributed by atoms with E-state index in [1.807, 2.05) is 6.92 Å². The van der Waals surface area contributed by atoms with Crippen LogP contribution in [0.25, 0.3) is 0 Å². The first-order valence-corrected chi connectivity index (χ1v) is 12.8. The zero-order chi connectivity index (χ0) is 24.8. The monoisotopic (exact) mass is 559 g/mol. The Morgan fingerprint density at radius 2 is 1.80 bits per heavy atom. The average molecular weight is 560 g/mol. The van der Waals surface area contributed by atoms with Gasteiger partial charge in [0.25, 0.3) is 15.9 Å². The quantitative estimate of drug-likeness (QED) is 0.314. The summed E-state index contributed by atoms with van der Waals surface area (Å²) in [5.74, 6) is 1.12. The Kier molecular flexibility index (Phi) is 7.57. The summed E-state index contributed by atoms with van der Waals surface area (Å²) in [5.41, 5.74) is 3.38. The predicted octanol–water partition coefficient (Wildman–Crippen LogP) is 3.92. The van der Waals surface area contributed by atoms with Gasteiger partial charge in [-0.05, 0) is 71.4 Å². The molecule has 0 saturated heterocycles. The topological polar surface area (TPSA) is 107 Å². The number of amides is 1. The van der Waals surface area contributed by atoms with E-state index < -0.39 is 22.5 Å². The van der Waals surface area contributed by atoms with Gasteiger partial charge in [-0.25, -0.2) is 13.8 Å². The molecule has 182 valence electrons. The van der Waals surface area contributed by atoms with Gasteiger partial charge in [0.05, 0.1) is 23.4 Å². The van der Waals surface area contributed by atoms with E-state index in [-0.39, 0.29) is 11.7 Å². The minimum atomic E-state index is -4.04. The minimum absolute atomic E-state index is 0.0328. The van der Waals surface area contributed by atoms with Crippen LogP contribution < -0.4 is 23.9 Å². The molecule has 0 atom stereocenters. The van der Waals surface area contributed by atoms with Crippen molar-refractivity contribution in [1.82, 2.24) is 5.43 Å². The summed E-state index contributed by atoms with van der Waals surface area (Å²) in [4.78, 5) is 12.7. The fourth-order valence-corrected chi connectivity index (χ4v) is 5.13. The Bertz CT molecular complexity index is 1330. The number of nitrogens with one attached hydrogen (secondary N) is 1. The Hall–Kier alpha value is -3.57. The van der Waals surface area contributed by atoms with Crippen LogP contribution in [0.4, 0.5) is 5.69 Å². The van der Waals surface area contributed by atoms with Crippen LogP contribution in [0.2, 0.25) is 0 Å². The van der Waals surface area contributed by atoms with Gasteiger partial charge in [0.1, 0.15) is 12.3 Å². The molecule has 35 heavy (non-hydrogen) atoms. The van der Waals surface area contributed by atoms with Crippen molar-refractivity contribution in [2.75, 3.05) is 24.2 Å². The summed E-state index contributed by atoms with van der Waals surface area (Å²) >= 11 is 3.42. The smallest absolute Gasteiger partial charge is 0.264 e. The van der Waals surface area contributed by atoms with Crippen LogP contribution in [0.3, 0.4) is 0 Å². The summed E-state index contributed by atoms with van der Waals surface area (Å²) in [7, 11) is -4.04. The van der Waals surface area contributed by atoms with E-state index in [4.69, 9.17) is 14.2 Å². The Morgan fingerprint density at radius 3 is 2.49 bits per heavy atom. The summed E-state index contributed by atoms with van der Waals surface area (Å²) in [6.07, 6.45) is 1.43. The molecule has 0 aliphatic carbocycles. The van der Waals surface area contributed by atoms with Crippen molar-refractivity contribution < 1.29 is 27.4 Å². The van der Waals surface area contributed by atoms with Crippen molar-refractivity contribution in [3.63, 3.8) is 0 Å². The van der Waals surface area contributed by atoms with E-state index in [1.54, 1.807) is 54.6 Å². The number of hydrogen-bond donors (Lipinski definition) is 1. The highest BCUT2D eigenvalue weighted by atomic mass is 79.9. The molecule has 1 heterocycles. The third kappa shape index (κ3) is 5.75. The Morgan fingerprint density at radius 1 is 1.11 bits per heavy atom. The summed E-state index contributed by atoms with van der Waals surface area (Å²) in [6.45, 7) is 1.97. The number of rotatable bonds is 9. The van der Waals surface area contributed by atoms with Crippen molar-refractivity contribution >= 4 is 43.8 Å². The lowest BCUT2D eigenvalue weighted by Crippen LogP contribution is -2.39. The minimum Gasteiger partial charge on any atom is -0.494 e. The molecule has 0 bridgehead atoms. The molecular weight excluding hydrogens is 538 g/mol. The lowest BCUT2D eigenvalue weighted by atomic mass is 10.2. The molecule has 0 aromatic heterocycles. The maximum Gasteiger partial charge on any atom is 0.264 e. The molecule has 3 aromatic rings. The van der Waals surface area contributed by atoms with E-state index in [9.17, 15) is 13.2 Å².